The molecule has 6 nitrogen and oxygen atoms in total. The zero-order chi connectivity index (χ0) is 18.1. The van der Waals surface area contributed by atoms with Crippen molar-refractivity contribution in [3.63, 3.8) is 0 Å². The molecule has 2 atom stereocenters. The fourth-order valence-corrected chi connectivity index (χ4v) is 5.32. The second-order valence-electron chi connectivity index (χ2n) is 7.58. The number of ether oxygens (including phenoxy) is 1. The van der Waals surface area contributed by atoms with E-state index in [1.165, 1.54) is 5.56 Å². The zero-order valence-corrected chi connectivity index (χ0v) is 14.3. The van der Waals surface area contributed by atoms with Gasteiger partial charge in [-0.3, -0.25) is 0 Å². The maximum absolute atomic E-state index is 10.8. The van der Waals surface area contributed by atoms with Crippen LogP contribution in [0.4, 0.5) is 0 Å². The van der Waals surface area contributed by atoms with E-state index in [0.717, 1.165) is 42.6 Å². The molecule has 3 aliphatic carbocycles. The maximum atomic E-state index is 10.8. The predicted octanol–water partition coefficient (Wildman–Crippen LogP) is 2.31. The first-order valence-corrected chi connectivity index (χ1v) is 8.67. The monoisotopic (exact) mass is 344 g/mol. The van der Waals surface area contributed by atoms with Gasteiger partial charge in [0, 0.05) is 17.4 Å². The quantitative estimate of drug-likeness (QED) is 0.851. The van der Waals surface area contributed by atoms with Crippen molar-refractivity contribution in [1.29, 1.82) is 10.5 Å². The first-order chi connectivity index (χ1) is 12.6. The van der Waals surface area contributed by atoms with Crippen LogP contribution in [0.3, 0.4) is 0 Å². The maximum Gasteiger partial charge on any atom is 0.177 e. The third-order valence-electron chi connectivity index (χ3n) is 6.57. The summed E-state index contributed by atoms with van der Waals surface area (Å²) in [5, 5.41) is 29.3. The van der Waals surface area contributed by atoms with Gasteiger partial charge >= 0.3 is 0 Å². The minimum absolute atomic E-state index is 0.0619. The number of methoxy groups -OCH3 is 1. The summed E-state index contributed by atoms with van der Waals surface area (Å²) in [6.45, 7) is 0. The van der Waals surface area contributed by atoms with Gasteiger partial charge in [-0.1, -0.05) is 6.07 Å². The molecule has 1 heterocycles. The SMILES string of the molecule is COc1ccc2c(c1O)[C@]13Cc4nc(C#N)c(C#N)nc4C[C@@]1(CC2)C3. The summed E-state index contributed by atoms with van der Waals surface area (Å²) in [7, 11) is 1.56. The fourth-order valence-electron chi connectivity index (χ4n) is 5.32. The van der Waals surface area contributed by atoms with E-state index in [1.54, 1.807) is 7.11 Å². The number of rotatable bonds is 1. The number of aromatic hydroxyl groups is 1. The zero-order valence-electron chi connectivity index (χ0n) is 14.3. The van der Waals surface area contributed by atoms with E-state index >= 15 is 0 Å². The molecule has 1 aromatic heterocycles. The molecular weight excluding hydrogens is 328 g/mol. The Hall–Kier alpha value is -3.12. The number of benzene rings is 1. The second kappa shape index (κ2) is 4.74. The number of aryl methyl sites for hydroxylation is 1. The Balaban J connectivity index is 1.70. The van der Waals surface area contributed by atoms with Gasteiger partial charge in [-0.25, -0.2) is 9.97 Å². The number of phenols is 1. The first kappa shape index (κ1) is 15.2. The summed E-state index contributed by atoms with van der Waals surface area (Å²) in [6.07, 6.45) is 4.30. The summed E-state index contributed by atoms with van der Waals surface area (Å²) in [4.78, 5) is 8.89. The first-order valence-electron chi connectivity index (χ1n) is 8.67. The standard InChI is InChI=1S/C20H16N4O2/c1-26-16-3-2-11-4-5-19-6-12-13(24-15(9-22)14(8-21)23-12)7-20(19,10-19)17(11)18(16)25/h2-3,25H,4-7,10H2,1H3/t19-,20+/m0/s1. The Morgan fingerprint density at radius 1 is 1.12 bits per heavy atom. The van der Waals surface area contributed by atoms with Crippen molar-refractivity contribution in [3.05, 3.63) is 46.0 Å². The lowest BCUT2D eigenvalue weighted by Crippen LogP contribution is -2.34. The van der Waals surface area contributed by atoms with Crippen molar-refractivity contribution in [1.82, 2.24) is 9.97 Å². The molecular formula is C20H16N4O2. The van der Waals surface area contributed by atoms with E-state index < -0.39 is 0 Å². The minimum atomic E-state index is -0.165. The fraction of sp³-hybridized carbons (Fsp3) is 0.400. The summed E-state index contributed by atoms with van der Waals surface area (Å²) in [6, 6.07) is 7.83. The van der Waals surface area contributed by atoms with Crippen molar-refractivity contribution < 1.29 is 9.84 Å². The average molecular weight is 344 g/mol. The van der Waals surface area contributed by atoms with Gasteiger partial charge in [0.15, 0.2) is 22.9 Å². The molecule has 0 spiro atoms. The van der Waals surface area contributed by atoms with Crippen molar-refractivity contribution in [3.8, 4) is 23.6 Å². The molecule has 1 fully saturated rings. The molecule has 0 bridgehead atoms. The number of hydrogen-bond acceptors (Lipinski definition) is 6. The van der Waals surface area contributed by atoms with E-state index in [0.29, 0.717) is 12.2 Å². The van der Waals surface area contributed by atoms with Crippen molar-refractivity contribution in [2.45, 2.75) is 37.5 Å². The van der Waals surface area contributed by atoms with Gasteiger partial charge in [0.1, 0.15) is 12.1 Å². The molecule has 5 rings (SSSR count). The Morgan fingerprint density at radius 2 is 1.81 bits per heavy atom. The predicted molar refractivity (Wildman–Crippen MR) is 90.6 cm³/mol. The van der Waals surface area contributed by atoms with E-state index in [2.05, 4.69) is 9.97 Å². The van der Waals surface area contributed by atoms with Crippen molar-refractivity contribution in [2.24, 2.45) is 5.41 Å². The average Bonchev–Trinajstić information content (AvgIpc) is 3.33. The van der Waals surface area contributed by atoms with Crippen LogP contribution in [0.15, 0.2) is 12.1 Å². The second-order valence-corrected chi connectivity index (χ2v) is 7.58. The Morgan fingerprint density at radius 3 is 2.46 bits per heavy atom. The van der Waals surface area contributed by atoms with Crippen molar-refractivity contribution >= 4 is 0 Å². The molecule has 0 unspecified atom stereocenters. The largest absolute Gasteiger partial charge is 0.504 e. The lowest BCUT2D eigenvalue weighted by molar-refractivity contribution is 0.313. The molecule has 3 aliphatic rings. The molecule has 0 radical (unpaired) electrons. The highest BCUT2D eigenvalue weighted by Crippen LogP contribution is 2.75. The molecule has 1 saturated carbocycles. The van der Waals surface area contributed by atoms with Crippen LogP contribution in [0.1, 0.15) is 46.7 Å². The highest BCUT2D eigenvalue weighted by atomic mass is 16.5. The highest BCUT2D eigenvalue weighted by molar-refractivity contribution is 5.61. The van der Waals surface area contributed by atoms with Gasteiger partial charge in [-0.15, -0.1) is 0 Å². The number of fused-ring (bicyclic) bond motifs is 2. The molecule has 128 valence electrons. The van der Waals surface area contributed by atoms with Gasteiger partial charge < -0.3 is 9.84 Å². The van der Waals surface area contributed by atoms with Crippen LogP contribution in [0, 0.1) is 28.1 Å². The van der Waals surface area contributed by atoms with Crippen LogP contribution in [-0.4, -0.2) is 22.2 Å². The lowest BCUT2D eigenvalue weighted by Gasteiger charge is -2.37. The Kier molecular flexibility index (Phi) is 2.76. The summed E-state index contributed by atoms with van der Waals surface area (Å²) < 4.78 is 5.33. The van der Waals surface area contributed by atoms with Gasteiger partial charge in [0.2, 0.25) is 0 Å². The molecule has 0 saturated heterocycles. The Labute approximate surface area is 150 Å². The minimum Gasteiger partial charge on any atom is -0.504 e. The van der Waals surface area contributed by atoms with Crippen LogP contribution in [-0.2, 0) is 24.7 Å². The molecule has 1 aromatic carbocycles. The van der Waals surface area contributed by atoms with Crippen LogP contribution in [0.5, 0.6) is 11.5 Å². The van der Waals surface area contributed by atoms with Gasteiger partial charge in [0.05, 0.1) is 18.5 Å². The smallest absolute Gasteiger partial charge is 0.177 e. The van der Waals surface area contributed by atoms with Crippen LogP contribution >= 0.6 is 0 Å². The number of phenolic OH excluding ortho intramolecular Hbond substituents is 1. The van der Waals surface area contributed by atoms with Crippen molar-refractivity contribution in [2.75, 3.05) is 7.11 Å². The molecule has 26 heavy (non-hydrogen) atoms. The van der Waals surface area contributed by atoms with Crippen LogP contribution in [0.2, 0.25) is 0 Å². The summed E-state index contributed by atoms with van der Waals surface area (Å²) in [5.74, 6) is 0.729. The topological polar surface area (TPSA) is 103 Å². The van der Waals surface area contributed by atoms with E-state index in [-0.39, 0.29) is 28.0 Å². The van der Waals surface area contributed by atoms with Gasteiger partial charge in [0.25, 0.3) is 0 Å². The van der Waals surface area contributed by atoms with E-state index in [9.17, 15) is 15.6 Å². The van der Waals surface area contributed by atoms with Crippen LogP contribution in [0.25, 0.3) is 0 Å². The van der Waals surface area contributed by atoms with Gasteiger partial charge in [-0.2, -0.15) is 10.5 Å². The third-order valence-corrected chi connectivity index (χ3v) is 6.57. The normalized spacial score (nSPS) is 27.0. The van der Waals surface area contributed by atoms with E-state index in [1.807, 2.05) is 24.3 Å². The number of aromatic nitrogens is 2. The van der Waals surface area contributed by atoms with Gasteiger partial charge in [-0.05, 0) is 42.7 Å². The molecule has 2 aromatic rings. The molecule has 0 amide bonds. The molecule has 1 N–H and O–H groups in total. The Bertz CT molecular complexity index is 1060. The summed E-state index contributed by atoms with van der Waals surface area (Å²) in [5.41, 5.74) is 3.86. The number of hydrogen-bond donors (Lipinski definition) is 1. The third kappa shape index (κ3) is 1.64. The summed E-state index contributed by atoms with van der Waals surface area (Å²) >= 11 is 0. The number of nitrogens with zero attached hydrogens (tertiary/aromatic N) is 4. The number of nitriles is 2. The van der Waals surface area contributed by atoms with E-state index in [4.69, 9.17) is 4.74 Å². The molecule has 0 aliphatic heterocycles. The molecule has 6 heteroatoms. The van der Waals surface area contributed by atoms with Crippen LogP contribution < -0.4 is 4.74 Å². The lowest BCUT2D eigenvalue weighted by atomic mass is 9.68. The highest BCUT2D eigenvalue weighted by Gasteiger charge is 2.72.